The lowest BCUT2D eigenvalue weighted by molar-refractivity contribution is 0.0937. The third-order valence-electron chi connectivity index (χ3n) is 7.84. The van der Waals surface area contributed by atoms with Crippen LogP contribution in [0, 0.1) is 6.92 Å². The monoisotopic (exact) mass is 623 g/mol. The minimum atomic E-state index is -1.47. The van der Waals surface area contributed by atoms with Gasteiger partial charge < -0.3 is 5.32 Å². The highest BCUT2D eigenvalue weighted by Gasteiger charge is 2.34. The van der Waals surface area contributed by atoms with Crippen LogP contribution in [0.3, 0.4) is 0 Å². The fourth-order valence-corrected chi connectivity index (χ4v) is 9.85. The molecule has 6 aromatic rings. The van der Waals surface area contributed by atoms with Crippen molar-refractivity contribution in [1.29, 1.82) is 0 Å². The van der Waals surface area contributed by atoms with E-state index in [1.54, 1.807) is 0 Å². The molecule has 0 aliphatic carbocycles. The highest BCUT2D eigenvalue weighted by Crippen LogP contribution is 2.39. The Hall–Kier alpha value is -4.63. The van der Waals surface area contributed by atoms with E-state index >= 15 is 0 Å². The number of hydrogen-bond donors (Lipinski definition) is 1. The van der Waals surface area contributed by atoms with E-state index in [1.807, 2.05) is 146 Å². The van der Waals surface area contributed by atoms with Gasteiger partial charge in [0.1, 0.15) is 0 Å². The molecule has 0 heterocycles. The van der Waals surface area contributed by atoms with E-state index < -0.39 is 30.0 Å². The van der Waals surface area contributed by atoms with Crippen LogP contribution in [0.15, 0.2) is 175 Å². The van der Waals surface area contributed by atoms with Crippen LogP contribution in [-0.4, -0.2) is 10.1 Å². The van der Waals surface area contributed by atoms with Gasteiger partial charge in [0.05, 0.1) is 22.1 Å². The fraction of sp³-hybridized carbons (Fsp3) is 0.0750. The molecule has 3 atom stereocenters. The van der Waals surface area contributed by atoms with Gasteiger partial charge in [-0.1, -0.05) is 158 Å². The van der Waals surface area contributed by atoms with Gasteiger partial charge in [-0.2, -0.15) is 0 Å². The molecule has 45 heavy (non-hydrogen) atoms. The molecule has 0 aliphatic rings. The predicted molar refractivity (Wildman–Crippen MR) is 189 cm³/mol. The van der Waals surface area contributed by atoms with Crippen molar-refractivity contribution in [3.05, 3.63) is 192 Å². The summed E-state index contributed by atoms with van der Waals surface area (Å²) in [5, 5.41) is 6.18. The predicted octanol–water partition coefficient (Wildman–Crippen LogP) is 7.77. The molecule has 1 amide bonds. The minimum absolute atomic E-state index is 0.193. The first-order chi connectivity index (χ1) is 22.1. The van der Waals surface area contributed by atoms with Crippen molar-refractivity contribution in [2.75, 3.05) is 0 Å². The molecule has 222 valence electrons. The Balaban J connectivity index is 1.46. The lowest BCUT2D eigenvalue weighted by atomic mass is 9.97. The molecule has 6 rings (SSSR count). The number of nitrogens with one attached hydrogen (secondary N) is 1. The zero-order chi connectivity index (χ0) is 31.0. The number of aryl methyl sites for hydroxylation is 1. The average molecular weight is 624 g/mol. The molecule has 0 saturated carbocycles. The molecular weight excluding hydrogens is 589 g/mol. The van der Waals surface area contributed by atoms with Gasteiger partial charge in [0.15, 0.2) is 0 Å². The van der Waals surface area contributed by atoms with Gasteiger partial charge in [-0.25, -0.2) is 0 Å². The van der Waals surface area contributed by atoms with Gasteiger partial charge in [0.2, 0.25) is 0 Å². The van der Waals surface area contributed by atoms with E-state index in [4.69, 9.17) is 0 Å². The van der Waals surface area contributed by atoms with Crippen molar-refractivity contribution in [3.63, 3.8) is 0 Å². The maximum Gasteiger partial charge on any atom is 0.252 e. The van der Waals surface area contributed by atoms with Gasteiger partial charge in [0, 0.05) is 10.5 Å². The second-order valence-corrected chi connectivity index (χ2v) is 14.5. The van der Waals surface area contributed by atoms with Crippen molar-refractivity contribution >= 4 is 40.5 Å². The van der Waals surface area contributed by atoms with Crippen LogP contribution in [0.4, 0.5) is 0 Å². The summed E-state index contributed by atoms with van der Waals surface area (Å²) in [7, 11) is -2.48. The first-order valence-corrected chi connectivity index (χ1v) is 17.5. The Bertz CT molecular complexity index is 1840. The molecule has 0 radical (unpaired) electrons. The number of carbonyl (C=O) groups is 1. The number of benzene rings is 6. The molecule has 0 spiro atoms. The van der Waals surface area contributed by atoms with Crippen LogP contribution in [-0.2, 0) is 10.8 Å². The van der Waals surface area contributed by atoms with E-state index in [0.29, 0.717) is 5.56 Å². The van der Waals surface area contributed by atoms with E-state index in [9.17, 15) is 9.00 Å². The second kappa shape index (κ2) is 14.4. The summed E-state index contributed by atoms with van der Waals surface area (Å²) in [5.74, 6) is -0.193. The molecule has 0 saturated heterocycles. The number of rotatable bonds is 10. The van der Waals surface area contributed by atoms with Gasteiger partial charge in [-0.15, -0.1) is 0 Å². The van der Waals surface area contributed by atoms with Gasteiger partial charge in [0.25, 0.3) is 5.91 Å². The first kappa shape index (κ1) is 30.4. The summed E-state index contributed by atoms with van der Waals surface area (Å²) in [6.07, 6.45) is 0. The summed E-state index contributed by atoms with van der Waals surface area (Å²) >= 11 is 0. The maximum absolute atomic E-state index is 14.6. The average Bonchev–Trinajstić information content (AvgIpc) is 3.10. The first-order valence-electron chi connectivity index (χ1n) is 15.0. The molecular formula is C40H34NO2PS. The third kappa shape index (κ3) is 6.88. The van der Waals surface area contributed by atoms with Crippen molar-refractivity contribution in [2.24, 2.45) is 0 Å². The van der Waals surface area contributed by atoms with E-state index in [1.165, 1.54) is 10.6 Å². The van der Waals surface area contributed by atoms with Gasteiger partial charge in [-0.3, -0.25) is 9.00 Å². The zero-order valence-corrected chi connectivity index (χ0v) is 26.7. The Morgan fingerprint density at radius 3 is 1.62 bits per heavy atom. The molecule has 0 aliphatic heterocycles. The third-order valence-corrected chi connectivity index (χ3v) is 12.2. The molecule has 0 fully saturated rings. The SMILES string of the molecule is Cc1ccccc1S(=O)C(c1ccccc1)C(NC(=O)c1ccccc1P(c1ccccc1)c1ccccc1)c1ccccc1. The summed E-state index contributed by atoms with van der Waals surface area (Å²) in [5.41, 5.74) is 3.37. The van der Waals surface area contributed by atoms with Crippen molar-refractivity contribution in [3.8, 4) is 0 Å². The van der Waals surface area contributed by atoms with Crippen molar-refractivity contribution in [2.45, 2.75) is 23.1 Å². The van der Waals surface area contributed by atoms with E-state index in [0.717, 1.165) is 26.9 Å². The van der Waals surface area contributed by atoms with E-state index in [-0.39, 0.29) is 5.91 Å². The zero-order valence-electron chi connectivity index (χ0n) is 25.0. The standard InChI is InChI=1S/C40H34NO2PS/c1-30-18-14-17-29-37(30)45(43)39(32-21-8-3-9-22-32)38(31-19-6-2-7-20-31)41-40(42)35-27-15-16-28-36(35)44(33-23-10-4-11-24-33)34-25-12-5-13-26-34/h2-29,38-39H,1H3,(H,41,42). The molecule has 0 aromatic heterocycles. The Morgan fingerprint density at radius 1 is 0.578 bits per heavy atom. The normalized spacial score (nSPS) is 13.1. The minimum Gasteiger partial charge on any atom is -0.344 e. The van der Waals surface area contributed by atoms with Crippen LogP contribution >= 0.6 is 7.92 Å². The van der Waals surface area contributed by atoms with E-state index in [2.05, 4.69) is 35.6 Å². The largest absolute Gasteiger partial charge is 0.344 e. The molecule has 1 N–H and O–H groups in total. The summed E-state index contributed by atoms with van der Waals surface area (Å²) in [4.78, 5) is 15.3. The Morgan fingerprint density at radius 2 is 1.04 bits per heavy atom. The van der Waals surface area contributed by atoms with Crippen LogP contribution in [0.1, 0.15) is 38.3 Å². The molecule has 3 nitrogen and oxygen atoms in total. The highest BCUT2D eigenvalue weighted by atomic mass is 32.2. The topological polar surface area (TPSA) is 46.2 Å². The van der Waals surface area contributed by atoms with Crippen molar-refractivity contribution in [1.82, 2.24) is 5.32 Å². The van der Waals surface area contributed by atoms with Crippen LogP contribution < -0.4 is 21.2 Å². The Kier molecular flexibility index (Phi) is 9.75. The summed E-state index contributed by atoms with van der Waals surface area (Å²) in [6, 6.07) is 55.7. The highest BCUT2D eigenvalue weighted by molar-refractivity contribution is 7.85. The fourth-order valence-electron chi connectivity index (χ4n) is 5.66. The van der Waals surface area contributed by atoms with Crippen LogP contribution in [0.2, 0.25) is 0 Å². The van der Waals surface area contributed by atoms with Crippen LogP contribution in [0.5, 0.6) is 0 Å². The van der Waals surface area contributed by atoms with Crippen LogP contribution in [0.25, 0.3) is 0 Å². The maximum atomic E-state index is 14.6. The van der Waals surface area contributed by atoms with Gasteiger partial charge in [-0.05, 0) is 59.6 Å². The summed E-state index contributed by atoms with van der Waals surface area (Å²) in [6.45, 7) is 1.98. The second-order valence-electron chi connectivity index (χ2n) is 10.8. The molecule has 3 unspecified atom stereocenters. The van der Waals surface area contributed by atoms with Crippen molar-refractivity contribution < 1.29 is 9.00 Å². The molecule has 5 heteroatoms. The lowest BCUT2D eigenvalue weighted by Crippen LogP contribution is -2.37. The van der Waals surface area contributed by atoms with Gasteiger partial charge >= 0.3 is 0 Å². The molecule has 6 aromatic carbocycles. The Labute approximate surface area is 269 Å². The quantitative estimate of drug-likeness (QED) is 0.159. The summed E-state index contributed by atoms with van der Waals surface area (Å²) < 4.78 is 14.6. The smallest absolute Gasteiger partial charge is 0.252 e. The molecule has 0 bridgehead atoms. The number of hydrogen-bond acceptors (Lipinski definition) is 2. The number of amides is 1. The number of carbonyl (C=O) groups excluding carboxylic acids is 1. The lowest BCUT2D eigenvalue weighted by Gasteiger charge is -2.30.